The second-order valence-electron chi connectivity index (χ2n) is 8.29. The Morgan fingerprint density at radius 2 is 1.93 bits per heavy atom. The van der Waals surface area contributed by atoms with E-state index in [-0.39, 0.29) is 5.54 Å². The van der Waals surface area contributed by atoms with Gasteiger partial charge in [0.2, 0.25) is 0 Å². The summed E-state index contributed by atoms with van der Waals surface area (Å²) < 4.78 is 6.22. The second-order valence-corrected chi connectivity index (χ2v) is 9.11. The molecule has 0 unspecified atom stereocenters. The molecule has 0 aliphatic heterocycles. The van der Waals surface area contributed by atoms with E-state index in [0.717, 1.165) is 54.3 Å². The molecule has 0 spiro atoms. The predicted molar refractivity (Wildman–Crippen MR) is 122 cm³/mol. The van der Waals surface area contributed by atoms with E-state index < -0.39 is 0 Å². The number of aromatic nitrogens is 2. The number of thioether (sulfide) groups is 1. The number of benzene rings is 1. The predicted octanol–water partition coefficient (Wildman–Crippen LogP) is 5.49. The van der Waals surface area contributed by atoms with Gasteiger partial charge in [-0.25, -0.2) is 4.98 Å². The minimum absolute atomic E-state index is 0.0419. The number of rotatable bonds is 8. The molecule has 2 heterocycles. The van der Waals surface area contributed by atoms with Crippen molar-refractivity contribution in [1.29, 1.82) is 0 Å². The molecule has 154 valence electrons. The molecule has 0 radical (unpaired) electrons. The van der Waals surface area contributed by atoms with Crippen molar-refractivity contribution in [2.75, 3.05) is 6.26 Å². The molecule has 2 aromatic heterocycles. The maximum atomic E-state index is 6.22. The normalized spacial score (nSPS) is 17.0. The number of hydrogen-bond acceptors (Lipinski definition) is 5. The molecule has 3 aromatic rings. The van der Waals surface area contributed by atoms with E-state index in [2.05, 4.69) is 65.9 Å². The first-order chi connectivity index (χ1) is 14.7. The number of hydrogen-bond donors (Lipinski definition) is 1. The van der Waals surface area contributed by atoms with E-state index in [1.165, 1.54) is 16.7 Å². The molecular weight excluding hydrogens is 390 g/mol. The number of aryl methyl sites for hydroxylation is 1. The molecule has 2 aliphatic carbocycles. The zero-order valence-electron chi connectivity index (χ0n) is 17.5. The monoisotopic (exact) mass is 417 g/mol. The summed E-state index contributed by atoms with van der Waals surface area (Å²) >= 11 is 1.69. The highest BCUT2D eigenvalue weighted by molar-refractivity contribution is 7.98. The van der Waals surface area contributed by atoms with Crippen LogP contribution < -0.4 is 10.1 Å². The lowest BCUT2D eigenvalue weighted by atomic mass is 9.94. The van der Waals surface area contributed by atoms with Crippen LogP contribution in [0.15, 0.2) is 59.9 Å². The van der Waals surface area contributed by atoms with Crippen molar-refractivity contribution in [1.82, 2.24) is 15.3 Å². The molecular formula is C25H27N3OS. The number of pyridine rings is 2. The SMILES string of the molecule is CSc1ccc(C)c(CNC2(c3cnccc3-c3ccccc3OC3CC3)CC2)n1. The molecule has 30 heavy (non-hydrogen) atoms. The minimum atomic E-state index is -0.0419. The van der Waals surface area contributed by atoms with Gasteiger partial charge in [-0.15, -0.1) is 11.8 Å². The largest absolute Gasteiger partial charge is 0.490 e. The quantitative estimate of drug-likeness (QED) is 0.491. The molecule has 2 fully saturated rings. The summed E-state index contributed by atoms with van der Waals surface area (Å²) in [6.45, 7) is 2.89. The lowest BCUT2D eigenvalue weighted by molar-refractivity contribution is 0.304. The highest BCUT2D eigenvalue weighted by atomic mass is 32.2. The minimum Gasteiger partial charge on any atom is -0.490 e. The highest BCUT2D eigenvalue weighted by Gasteiger charge is 2.46. The van der Waals surface area contributed by atoms with Gasteiger partial charge in [0.25, 0.3) is 0 Å². The van der Waals surface area contributed by atoms with E-state index in [9.17, 15) is 0 Å². The van der Waals surface area contributed by atoms with E-state index >= 15 is 0 Å². The Kier molecular flexibility index (Phi) is 5.25. The molecule has 4 nitrogen and oxygen atoms in total. The fourth-order valence-corrected chi connectivity index (χ4v) is 4.34. The Morgan fingerprint density at radius 1 is 1.10 bits per heavy atom. The third-order valence-electron chi connectivity index (χ3n) is 6.06. The molecule has 0 saturated heterocycles. The van der Waals surface area contributed by atoms with Gasteiger partial charge in [-0.1, -0.05) is 24.3 Å². The van der Waals surface area contributed by atoms with Gasteiger partial charge in [0.1, 0.15) is 5.75 Å². The van der Waals surface area contributed by atoms with Crippen LogP contribution in [0.25, 0.3) is 11.1 Å². The molecule has 5 heteroatoms. The van der Waals surface area contributed by atoms with Gasteiger partial charge in [-0.05, 0) is 73.8 Å². The number of para-hydroxylation sites is 1. The van der Waals surface area contributed by atoms with Crippen LogP contribution in [0.1, 0.15) is 42.5 Å². The Morgan fingerprint density at radius 3 is 2.70 bits per heavy atom. The van der Waals surface area contributed by atoms with Crippen molar-refractivity contribution >= 4 is 11.8 Å². The molecule has 0 bridgehead atoms. The van der Waals surface area contributed by atoms with Gasteiger partial charge < -0.3 is 10.1 Å². The second kappa shape index (κ2) is 8.05. The first-order valence-electron chi connectivity index (χ1n) is 10.6. The average molecular weight is 418 g/mol. The maximum absolute atomic E-state index is 6.22. The van der Waals surface area contributed by atoms with Crippen molar-refractivity contribution in [2.24, 2.45) is 0 Å². The molecule has 0 atom stereocenters. The maximum Gasteiger partial charge on any atom is 0.127 e. The van der Waals surface area contributed by atoms with Crippen LogP contribution in [-0.2, 0) is 12.1 Å². The van der Waals surface area contributed by atoms with Crippen molar-refractivity contribution in [3.8, 4) is 16.9 Å². The first kappa shape index (κ1) is 19.6. The summed E-state index contributed by atoms with van der Waals surface area (Å²) in [6.07, 6.45) is 10.9. The zero-order chi connectivity index (χ0) is 20.6. The summed E-state index contributed by atoms with van der Waals surface area (Å²) in [4.78, 5) is 9.29. The molecule has 1 N–H and O–H groups in total. The van der Waals surface area contributed by atoms with E-state index in [1.54, 1.807) is 11.8 Å². The molecule has 2 saturated carbocycles. The Balaban J connectivity index is 1.44. The zero-order valence-corrected chi connectivity index (χ0v) is 18.3. The van der Waals surface area contributed by atoms with Crippen LogP contribution in [0, 0.1) is 6.92 Å². The van der Waals surface area contributed by atoms with E-state index in [0.29, 0.717) is 6.10 Å². The third-order valence-corrected chi connectivity index (χ3v) is 6.71. The molecule has 0 amide bonds. The fourth-order valence-electron chi connectivity index (χ4n) is 3.93. The Hall–Kier alpha value is -2.37. The van der Waals surface area contributed by atoms with Crippen molar-refractivity contribution in [3.63, 3.8) is 0 Å². The average Bonchev–Trinajstić information content (AvgIpc) is 3.71. The van der Waals surface area contributed by atoms with Gasteiger partial charge in [0, 0.05) is 30.0 Å². The van der Waals surface area contributed by atoms with Crippen LogP contribution in [0.5, 0.6) is 5.75 Å². The number of ether oxygens (including phenoxy) is 1. The summed E-state index contributed by atoms with van der Waals surface area (Å²) in [7, 11) is 0. The number of nitrogens with zero attached hydrogens (tertiary/aromatic N) is 2. The Labute approximate surface area is 182 Å². The summed E-state index contributed by atoms with van der Waals surface area (Å²) in [5, 5.41) is 4.89. The molecule has 2 aliphatic rings. The van der Waals surface area contributed by atoms with E-state index in [1.807, 2.05) is 12.4 Å². The summed E-state index contributed by atoms with van der Waals surface area (Å²) in [6, 6.07) is 14.8. The number of nitrogens with one attached hydrogen (secondary N) is 1. The lowest BCUT2D eigenvalue weighted by Gasteiger charge is -2.22. The van der Waals surface area contributed by atoms with E-state index in [4.69, 9.17) is 9.72 Å². The van der Waals surface area contributed by atoms with Crippen molar-refractivity contribution in [3.05, 3.63) is 71.7 Å². The summed E-state index contributed by atoms with van der Waals surface area (Å²) in [5.41, 5.74) is 5.94. The van der Waals surface area contributed by atoms with Crippen LogP contribution >= 0.6 is 11.8 Å². The van der Waals surface area contributed by atoms with Gasteiger partial charge >= 0.3 is 0 Å². The smallest absolute Gasteiger partial charge is 0.127 e. The van der Waals surface area contributed by atoms with Crippen molar-refractivity contribution in [2.45, 2.75) is 55.8 Å². The first-order valence-corrected chi connectivity index (χ1v) is 11.9. The standard InChI is InChI=1S/C25H27N3OS/c1-17-7-10-24(30-2)28-22(17)16-27-25(12-13-25)21-15-26-14-11-19(21)20-5-3-4-6-23(20)29-18-8-9-18/h3-7,10-11,14-15,18,27H,8-9,12-13,16H2,1-2H3. The Bertz CT molecular complexity index is 1060. The van der Waals surface area contributed by atoms with Gasteiger partial charge in [-0.3, -0.25) is 4.98 Å². The van der Waals surface area contributed by atoms with Crippen LogP contribution in [0.2, 0.25) is 0 Å². The molecule has 5 rings (SSSR count). The topological polar surface area (TPSA) is 47.0 Å². The highest BCUT2D eigenvalue weighted by Crippen LogP contribution is 2.50. The van der Waals surface area contributed by atoms with Crippen LogP contribution in [0.4, 0.5) is 0 Å². The van der Waals surface area contributed by atoms with Gasteiger partial charge in [-0.2, -0.15) is 0 Å². The fraction of sp³-hybridized carbons (Fsp3) is 0.360. The third kappa shape index (κ3) is 3.96. The van der Waals surface area contributed by atoms with Crippen LogP contribution in [0.3, 0.4) is 0 Å². The summed E-state index contributed by atoms with van der Waals surface area (Å²) in [5.74, 6) is 0.980. The van der Waals surface area contributed by atoms with Crippen molar-refractivity contribution < 1.29 is 4.74 Å². The lowest BCUT2D eigenvalue weighted by Crippen LogP contribution is -2.30. The van der Waals surface area contributed by atoms with Crippen LogP contribution in [-0.4, -0.2) is 22.3 Å². The van der Waals surface area contributed by atoms with Gasteiger partial charge in [0.15, 0.2) is 0 Å². The molecule has 1 aromatic carbocycles. The van der Waals surface area contributed by atoms with Gasteiger partial charge in [0.05, 0.1) is 16.8 Å².